The highest BCUT2D eigenvalue weighted by Gasteiger charge is 2.18. The zero-order valence-corrected chi connectivity index (χ0v) is 12.8. The van der Waals surface area contributed by atoms with Crippen LogP contribution >= 0.6 is 0 Å². The maximum absolute atomic E-state index is 6.06. The van der Waals surface area contributed by atoms with E-state index >= 15 is 0 Å². The summed E-state index contributed by atoms with van der Waals surface area (Å²) in [5, 5.41) is 0. The van der Waals surface area contributed by atoms with Crippen molar-refractivity contribution in [2.45, 2.75) is 46.1 Å². The Morgan fingerprint density at radius 2 is 1.68 bits per heavy atom. The van der Waals surface area contributed by atoms with Crippen LogP contribution in [-0.4, -0.2) is 31.1 Å². The topological polar surface area (TPSA) is 12.5 Å². The van der Waals surface area contributed by atoms with Crippen molar-refractivity contribution in [2.24, 2.45) is 5.41 Å². The van der Waals surface area contributed by atoms with Gasteiger partial charge in [0.25, 0.3) is 0 Å². The van der Waals surface area contributed by atoms with Crippen LogP contribution in [0.5, 0.6) is 5.75 Å². The van der Waals surface area contributed by atoms with E-state index in [2.05, 4.69) is 57.0 Å². The second-order valence-corrected chi connectivity index (χ2v) is 7.00. The molecular formula is C17H27NO. The van der Waals surface area contributed by atoms with Gasteiger partial charge < -0.3 is 9.64 Å². The Labute approximate surface area is 117 Å². The Balaban J connectivity index is 1.88. The van der Waals surface area contributed by atoms with E-state index in [1.165, 1.54) is 5.56 Å². The molecule has 0 aromatic heterocycles. The van der Waals surface area contributed by atoms with E-state index in [9.17, 15) is 0 Å². The summed E-state index contributed by atoms with van der Waals surface area (Å²) in [6.07, 6.45) is 3.78. The Morgan fingerprint density at radius 1 is 1.11 bits per heavy atom. The molecule has 0 amide bonds. The summed E-state index contributed by atoms with van der Waals surface area (Å²) in [6.45, 7) is 9.11. The van der Waals surface area contributed by atoms with Crippen molar-refractivity contribution in [3.05, 3.63) is 29.8 Å². The van der Waals surface area contributed by atoms with Gasteiger partial charge in [0.1, 0.15) is 11.9 Å². The monoisotopic (exact) mass is 261 g/mol. The molecule has 1 aromatic rings. The van der Waals surface area contributed by atoms with Crippen molar-refractivity contribution in [3.8, 4) is 5.75 Å². The van der Waals surface area contributed by atoms with Gasteiger partial charge in [0, 0.05) is 13.1 Å². The van der Waals surface area contributed by atoms with Gasteiger partial charge in [-0.15, -0.1) is 0 Å². The molecule has 0 N–H and O–H groups in total. The lowest BCUT2D eigenvalue weighted by atomic mass is 9.88. The van der Waals surface area contributed by atoms with Gasteiger partial charge in [-0.2, -0.15) is 0 Å². The number of likely N-dealkylation sites (tertiary alicyclic amines) is 1. The van der Waals surface area contributed by atoms with Gasteiger partial charge in [0.05, 0.1) is 0 Å². The highest BCUT2D eigenvalue weighted by Crippen LogP contribution is 2.23. The number of piperidine rings is 1. The molecule has 0 bridgehead atoms. The fourth-order valence-corrected chi connectivity index (χ4v) is 2.59. The molecule has 106 valence electrons. The molecule has 2 heteroatoms. The molecule has 0 radical (unpaired) electrons. The molecule has 0 aliphatic carbocycles. The first-order chi connectivity index (χ1) is 8.92. The van der Waals surface area contributed by atoms with Crippen LogP contribution in [0.25, 0.3) is 0 Å². The Kier molecular flexibility index (Phi) is 4.51. The summed E-state index contributed by atoms with van der Waals surface area (Å²) in [7, 11) is 2.18. The van der Waals surface area contributed by atoms with Crippen LogP contribution in [0.4, 0.5) is 0 Å². The van der Waals surface area contributed by atoms with Gasteiger partial charge in [-0.05, 0) is 49.4 Å². The molecule has 1 aromatic carbocycles. The third-order valence-electron chi connectivity index (χ3n) is 3.63. The van der Waals surface area contributed by atoms with Crippen molar-refractivity contribution >= 4 is 0 Å². The predicted octanol–water partition coefficient (Wildman–Crippen LogP) is 3.75. The Bertz CT molecular complexity index is 383. The van der Waals surface area contributed by atoms with E-state index in [0.29, 0.717) is 11.5 Å². The zero-order chi connectivity index (χ0) is 13.9. The van der Waals surface area contributed by atoms with Crippen LogP contribution in [-0.2, 0) is 6.42 Å². The molecule has 2 nitrogen and oxygen atoms in total. The van der Waals surface area contributed by atoms with Crippen molar-refractivity contribution in [1.82, 2.24) is 4.90 Å². The predicted molar refractivity (Wildman–Crippen MR) is 80.7 cm³/mol. The van der Waals surface area contributed by atoms with Gasteiger partial charge in [0.15, 0.2) is 0 Å². The van der Waals surface area contributed by atoms with Crippen LogP contribution < -0.4 is 4.74 Å². The lowest BCUT2D eigenvalue weighted by Gasteiger charge is -2.29. The van der Waals surface area contributed by atoms with E-state index < -0.39 is 0 Å². The minimum Gasteiger partial charge on any atom is -0.490 e. The lowest BCUT2D eigenvalue weighted by Crippen LogP contribution is -2.35. The highest BCUT2D eigenvalue weighted by molar-refractivity contribution is 5.28. The largest absolute Gasteiger partial charge is 0.490 e. The minimum absolute atomic E-state index is 0.344. The van der Waals surface area contributed by atoms with E-state index in [4.69, 9.17) is 4.74 Å². The van der Waals surface area contributed by atoms with Crippen LogP contribution in [0.1, 0.15) is 39.2 Å². The van der Waals surface area contributed by atoms with Crippen LogP contribution in [0, 0.1) is 5.41 Å². The molecule has 0 unspecified atom stereocenters. The normalized spacial score (nSPS) is 18.5. The van der Waals surface area contributed by atoms with E-state index in [1.54, 1.807) is 0 Å². The fraction of sp³-hybridized carbons (Fsp3) is 0.647. The summed E-state index contributed by atoms with van der Waals surface area (Å²) >= 11 is 0. The number of benzene rings is 1. The van der Waals surface area contributed by atoms with Crippen molar-refractivity contribution in [3.63, 3.8) is 0 Å². The van der Waals surface area contributed by atoms with Gasteiger partial charge in [0.2, 0.25) is 0 Å². The first kappa shape index (κ1) is 14.4. The van der Waals surface area contributed by atoms with Gasteiger partial charge in [-0.3, -0.25) is 0 Å². The summed E-state index contributed by atoms with van der Waals surface area (Å²) in [6, 6.07) is 8.66. The van der Waals surface area contributed by atoms with Crippen molar-refractivity contribution < 1.29 is 4.74 Å². The van der Waals surface area contributed by atoms with Crippen LogP contribution in [0.15, 0.2) is 24.3 Å². The highest BCUT2D eigenvalue weighted by atomic mass is 16.5. The molecule has 0 atom stereocenters. The summed E-state index contributed by atoms with van der Waals surface area (Å²) < 4.78 is 6.06. The van der Waals surface area contributed by atoms with Crippen LogP contribution in [0.2, 0.25) is 0 Å². The van der Waals surface area contributed by atoms with Crippen molar-refractivity contribution in [2.75, 3.05) is 20.1 Å². The molecule has 1 fully saturated rings. The van der Waals surface area contributed by atoms with Gasteiger partial charge >= 0.3 is 0 Å². The quantitative estimate of drug-likeness (QED) is 0.821. The van der Waals surface area contributed by atoms with E-state index in [1.807, 2.05) is 0 Å². The first-order valence-electron chi connectivity index (χ1n) is 7.36. The number of hydrogen-bond donors (Lipinski definition) is 0. The van der Waals surface area contributed by atoms with Crippen molar-refractivity contribution in [1.29, 1.82) is 0 Å². The molecule has 1 aliphatic rings. The molecule has 0 saturated carbocycles. The third-order valence-corrected chi connectivity index (χ3v) is 3.63. The third kappa shape index (κ3) is 4.87. The lowest BCUT2D eigenvalue weighted by molar-refractivity contribution is 0.114. The Hall–Kier alpha value is -1.02. The first-order valence-corrected chi connectivity index (χ1v) is 7.36. The maximum atomic E-state index is 6.06. The van der Waals surface area contributed by atoms with E-state index in [-0.39, 0.29) is 0 Å². The number of ether oxygens (including phenoxy) is 1. The fourth-order valence-electron chi connectivity index (χ4n) is 2.59. The molecule has 1 aliphatic heterocycles. The molecule has 1 heterocycles. The van der Waals surface area contributed by atoms with Crippen LogP contribution in [0.3, 0.4) is 0 Å². The number of rotatable bonds is 3. The van der Waals surface area contributed by atoms with E-state index in [0.717, 1.165) is 38.1 Å². The maximum Gasteiger partial charge on any atom is 0.119 e. The second kappa shape index (κ2) is 5.96. The standard InChI is InChI=1S/C17H27NO/c1-17(2,3)13-14-5-7-15(8-6-14)19-16-9-11-18(4)12-10-16/h5-8,16H,9-13H2,1-4H3. The molecular weight excluding hydrogens is 234 g/mol. The molecule has 19 heavy (non-hydrogen) atoms. The number of nitrogens with zero attached hydrogens (tertiary/aromatic N) is 1. The zero-order valence-electron chi connectivity index (χ0n) is 12.8. The minimum atomic E-state index is 0.344. The summed E-state index contributed by atoms with van der Waals surface area (Å²) in [5.74, 6) is 1.02. The second-order valence-electron chi connectivity index (χ2n) is 7.00. The Morgan fingerprint density at radius 3 is 2.21 bits per heavy atom. The smallest absolute Gasteiger partial charge is 0.119 e. The van der Waals surface area contributed by atoms with Gasteiger partial charge in [-0.1, -0.05) is 32.9 Å². The average Bonchev–Trinajstić information content (AvgIpc) is 2.33. The van der Waals surface area contributed by atoms with Gasteiger partial charge in [-0.25, -0.2) is 0 Å². The number of hydrogen-bond acceptors (Lipinski definition) is 2. The molecule has 1 saturated heterocycles. The SMILES string of the molecule is CN1CCC(Oc2ccc(CC(C)(C)C)cc2)CC1. The molecule has 0 spiro atoms. The summed E-state index contributed by atoms with van der Waals surface area (Å²) in [5.41, 5.74) is 1.74. The average molecular weight is 261 g/mol. The molecule has 2 rings (SSSR count). The summed E-state index contributed by atoms with van der Waals surface area (Å²) in [4.78, 5) is 2.37.